The van der Waals surface area contributed by atoms with Gasteiger partial charge in [0.1, 0.15) is 12.7 Å². The van der Waals surface area contributed by atoms with Crippen molar-refractivity contribution in [2.75, 3.05) is 5.32 Å². The molecule has 0 fully saturated rings. The van der Waals surface area contributed by atoms with E-state index in [0.717, 1.165) is 20.2 Å². The lowest BCUT2D eigenvalue weighted by molar-refractivity contribution is -0.115. The maximum Gasteiger partial charge on any atom is 0.228 e. The Labute approximate surface area is 150 Å². The Morgan fingerprint density at radius 2 is 1.83 bits per heavy atom. The molecule has 0 aliphatic carbocycles. The van der Waals surface area contributed by atoms with E-state index in [-0.39, 0.29) is 5.91 Å². The first-order valence-electron chi connectivity index (χ1n) is 6.80. The zero-order valence-electron chi connectivity index (χ0n) is 11.9. The fourth-order valence-electron chi connectivity index (χ4n) is 2.12. The largest absolute Gasteiger partial charge is 0.324 e. The molecule has 2 aromatic carbocycles. The average Bonchev–Trinajstić information content (AvgIpc) is 3.04. The van der Waals surface area contributed by atoms with Gasteiger partial charge in [0.25, 0.3) is 0 Å². The number of hydrogen-bond acceptors (Lipinski definition) is 3. The maximum absolute atomic E-state index is 12.3. The third-order valence-corrected chi connectivity index (χ3v) is 4.20. The van der Waals surface area contributed by atoms with Gasteiger partial charge in [0, 0.05) is 8.95 Å². The average molecular weight is 436 g/mol. The topological polar surface area (TPSA) is 59.8 Å². The molecule has 1 amide bonds. The number of rotatable bonds is 4. The van der Waals surface area contributed by atoms with Crippen LogP contribution in [-0.2, 0) is 11.2 Å². The highest BCUT2D eigenvalue weighted by molar-refractivity contribution is 9.10. The van der Waals surface area contributed by atoms with Gasteiger partial charge >= 0.3 is 0 Å². The SMILES string of the molecule is O=C(Cc1ccc(Br)cc1)Nc1cc(Br)ccc1-n1cncn1. The second kappa shape index (κ2) is 7.06. The van der Waals surface area contributed by atoms with Gasteiger partial charge < -0.3 is 5.32 Å². The van der Waals surface area contributed by atoms with Crippen LogP contribution in [0.15, 0.2) is 64.1 Å². The van der Waals surface area contributed by atoms with Crippen LogP contribution in [0.3, 0.4) is 0 Å². The number of nitrogens with zero attached hydrogens (tertiary/aromatic N) is 3. The summed E-state index contributed by atoms with van der Waals surface area (Å²) in [7, 11) is 0. The minimum Gasteiger partial charge on any atom is -0.324 e. The van der Waals surface area contributed by atoms with Gasteiger partial charge in [-0.15, -0.1) is 0 Å². The van der Waals surface area contributed by atoms with Gasteiger partial charge in [0.15, 0.2) is 0 Å². The molecule has 116 valence electrons. The molecular weight excluding hydrogens is 424 g/mol. The zero-order chi connectivity index (χ0) is 16.2. The van der Waals surface area contributed by atoms with Crippen molar-refractivity contribution in [2.45, 2.75) is 6.42 Å². The van der Waals surface area contributed by atoms with Crippen molar-refractivity contribution in [1.29, 1.82) is 0 Å². The highest BCUT2D eigenvalue weighted by Crippen LogP contribution is 2.24. The highest BCUT2D eigenvalue weighted by Gasteiger charge is 2.10. The highest BCUT2D eigenvalue weighted by atomic mass is 79.9. The van der Waals surface area contributed by atoms with E-state index in [1.165, 1.54) is 6.33 Å². The van der Waals surface area contributed by atoms with Gasteiger partial charge in [0.2, 0.25) is 5.91 Å². The Hall–Kier alpha value is -1.99. The molecule has 0 saturated carbocycles. The predicted molar refractivity (Wildman–Crippen MR) is 95.5 cm³/mol. The number of nitrogens with one attached hydrogen (secondary N) is 1. The number of amides is 1. The lowest BCUT2D eigenvalue weighted by Crippen LogP contribution is -2.16. The first-order chi connectivity index (χ1) is 11.1. The summed E-state index contributed by atoms with van der Waals surface area (Å²) in [6.45, 7) is 0. The molecule has 5 nitrogen and oxygen atoms in total. The van der Waals surface area contributed by atoms with E-state index < -0.39 is 0 Å². The quantitative estimate of drug-likeness (QED) is 0.674. The third kappa shape index (κ3) is 4.05. The van der Waals surface area contributed by atoms with Crippen LogP contribution >= 0.6 is 31.9 Å². The Bertz CT molecular complexity index is 817. The molecule has 0 bridgehead atoms. The van der Waals surface area contributed by atoms with E-state index in [1.807, 2.05) is 42.5 Å². The van der Waals surface area contributed by atoms with Crippen LogP contribution in [0.2, 0.25) is 0 Å². The standard InChI is InChI=1S/C16H12Br2N4O/c17-12-3-1-11(2-4-12)7-16(23)21-14-8-13(18)5-6-15(14)22-10-19-9-20-22/h1-6,8-10H,7H2,(H,21,23). The molecule has 0 unspecified atom stereocenters. The zero-order valence-corrected chi connectivity index (χ0v) is 15.1. The molecule has 0 aliphatic heterocycles. The maximum atomic E-state index is 12.3. The molecule has 3 rings (SSSR count). The van der Waals surface area contributed by atoms with Crippen LogP contribution in [0.1, 0.15) is 5.56 Å². The first-order valence-corrected chi connectivity index (χ1v) is 8.39. The van der Waals surface area contributed by atoms with E-state index in [9.17, 15) is 4.79 Å². The fourth-order valence-corrected chi connectivity index (χ4v) is 2.75. The normalized spacial score (nSPS) is 10.5. The molecule has 23 heavy (non-hydrogen) atoms. The molecule has 7 heteroatoms. The third-order valence-electron chi connectivity index (χ3n) is 3.18. The smallest absolute Gasteiger partial charge is 0.228 e. The van der Waals surface area contributed by atoms with Gasteiger partial charge in [-0.25, -0.2) is 9.67 Å². The molecular formula is C16H12Br2N4O. The van der Waals surface area contributed by atoms with Crippen LogP contribution in [0.25, 0.3) is 5.69 Å². The van der Waals surface area contributed by atoms with Gasteiger partial charge in [-0.05, 0) is 35.9 Å². The summed E-state index contributed by atoms with van der Waals surface area (Å²) in [6, 6.07) is 13.3. The van der Waals surface area contributed by atoms with E-state index in [4.69, 9.17) is 0 Å². The van der Waals surface area contributed by atoms with Crippen LogP contribution in [-0.4, -0.2) is 20.7 Å². The van der Waals surface area contributed by atoms with Crippen molar-refractivity contribution in [2.24, 2.45) is 0 Å². The van der Waals surface area contributed by atoms with Crippen molar-refractivity contribution in [3.8, 4) is 5.69 Å². The van der Waals surface area contributed by atoms with Crippen molar-refractivity contribution in [1.82, 2.24) is 14.8 Å². The molecule has 0 aliphatic rings. The Balaban J connectivity index is 1.80. The fraction of sp³-hybridized carbons (Fsp3) is 0.0625. The van der Waals surface area contributed by atoms with E-state index in [0.29, 0.717) is 12.1 Å². The molecule has 0 radical (unpaired) electrons. The van der Waals surface area contributed by atoms with Crippen molar-refractivity contribution < 1.29 is 4.79 Å². The summed E-state index contributed by atoms with van der Waals surface area (Å²) in [4.78, 5) is 16.3. The van der Waals surface area contributed by atoms with Crippen molar-refractivity contribution >= 4 is 43.5 Å². The molecule has 0 atom stereocenters. The molecule has 1 aromatic heterocycles. The second-order valence-corrected chi connectivity index (χ2v) is 6.68. The second-order valence-electron chi connectivity index (χ2n) is 4.85. The summed E-state index contributed by atoms with van der Waals surface area (Å²) < 4.78 is 3.48. The lowest BCUT2D eigenvalue weighted by atomic mass is 10.1. The van der Waals surface area contributed by atoms with Gasteiger partial charge in [-0.1, -0.05) is 44.0 Å². The van der Waals surface area contributed by atoms with Crippen molar-refractivity contribution in [3.63, 3.8) is 0 Å². The number of aromatic nitrogens is 3. The Kier molecular flexibility index (Phi) is 4.88. The van der Waals surface area contributed by atoms with E-state index in [1.54, 1.807) is 11.0 Å². The van der Waals surface area contributed by atoms with Crippen LogP contribution in [0, 0.1) is 0 Å². The summed E-state index contributed by atoms with van der Waals surface area (Å²) in [5, 5.41) is 7.04. The van der Waals surface area contributed by atoms with Crippen LogP contribution < -0.4 is 5.32 Å². The van der Waals surface area contributed by atoms with Crippen LogP contribution in [0.4, 0.5) is 5.69 Å². The summed E-state index contributed by atoms with van der Waals surface area (Å²) in [5.41, 5.74) is 2.38. The molecule has 1 heterocycles. The Morgan fingerprint density at radius 3 is 2.52 bits per heavy atom. The summed E-state index contributed by atoms with van der Waals surface area (Å²) in [5.74, 6) is -0.0909. The number of carbonyl (C=O) groups excluding carboxylic acids is 1. The lowest BCUT2D eigenvalue weighted by Gasteiger charge is -2.11. The number of carbonyl (C=O) groups is 1. The summed E-state index contributed by atoms with van der Waals surface area (Å²) >= 11 is 6.81. The number of benzene rings is 2. The van der Waals surface area contributed by atoms with E-state index in [2.05, 4.69) is 47.3 Å². The molecule has 3 aromatic rings. The van der Waals surface area contributed by atoms with Gasteiger partial charge in [0.05, 0.1) is 17.8 Å². The summed E-state index contributed by atoms with van der Waals surface area (Å²) in [6.07, 6.45) is 3.35. The monoisotopic (exact) mass is 434 g/mol. The molecule has 0 saturated heterocycles. The van der Waals surface area contributed by atoms with Gasteiger partial charge in [-0.3, -0.25) is 4.79 Å². The molecule has 1 N–H and O–H groups in total. The molecule has 0 spiro atoms. The van der Waals surface area contributed by atoms with E-state index >= 15 is 0 Å². The van der Waals surface area contributed by atoms with Crippen molar-refractivity contribution in [3.05, 3.63) is 69.6 Å². The first kappa shape index (κ1) is 15.9. The minimum atomic E-state index is -0.0909. The number of anilines is 1. The predicted octanol–water partition coefficient (Wildman–Crippen LogP) is 3.97. The number of halogens is 2. The Morgan fingerprint density at radius 1 is 1.09 bits per heavy atom. The van der Waals surface area contributed by atoms with Gasteiger partial charge in [-0.2, -0.15) is 5.10 Å². The van der Waals surface area contributed by atoms with Crippen LogP contribution in [0.5, 0.6) is 0 Å². The number of hydrogen-bond donors (Lipinski definition) is 1. The minimum absolute atomic E-state index is 0.0909.